The number of rotatable bonds is 6. The summed E-state index contributed by atoms with van der Waals surface area (Å²) in [7, 11) is 0.238. The van der Waals surface area contributed by atoms with E-state index in [-0.39, 0.29) is 10.3 Å². The molecule has 5 rings (SSSR count). The molecule has 1 unspecified atom stereocenters. The summed E-state index contributed by atoms with van der Waals surface area (Å²) in [6, 6.07) is 18.8. The summed E-state index contributed by atoms with van der Waals surface area (Å²) in [6.07, 6.45) is 16.1. The van der Waals surface area contributed by atoms with Gasteiger partial charge < -0.3 is 4.90 Å². The monoisotopic (exact) mass is 508 g/mol. The number of benzene rings is 3. The Morgan fingerprint density at radius 3 is 2.46 bits per heavy atom. The average molecular weight is 509 g/mol. The molecule has 0 aliphatic heterocycles. The molecule has 37 heavy (non-hydrogen) atoms. The number of fused-ring (bicyclic) bond motifs is 2. The van der Waals surface area contributed by atoms with Gasteiger partial charge in [0.1, 0.15) is 0 Å². The molecule has 0 fully saturated rings. The molecule has 0 spiro atoms. The molecule has 0 radical (unpaired) electrons. The minimum absolute atomic E-state index is 0.0698. The Kier molecular flexibility index (Phi) is 6.42. The van der Waals surface area contributed by atoms with E-state index in [4.69, 9.17) is 0 Å². The summed E-state index contributed by atoms with van der Waals surface area (Å²) in [5.74, 6) is 0. The number of allylic oxidation sites excluding steroid dienone is 9. The third kappa shape index (κ3) is 5.05. The summed E-state index contributed by atoms with van der Waals surface area (Å²) in [4.78, 5) is 2.25. The molecule has 0 bridgehead atoms. The van der Waals surface area contributed by atoms with Gasteiger partial charge >= 0.3 is 0 Å². The van der Waals surface area contributed by atoms with Crippen LogP contribution in [-0.4, -0.2) is 27.4 Å². The molecule has 3 aromatic carbocycles. The second kappa shape index (κ2) is 9.56. The van der Waals surface area contributed by atoms with E-state index in [1.807, 2.05) is 73.7 Å². The maximum Gasteiger partial charge on any atom is 0.261 e. The third-order valence-corrected chi connectivity index (χ3v) is 8.37. The molecule has 1 atom stereocenters. The first-order chi connectivity index (χ1) is 17.7. The first-order valence-electron chi connectivity index (χ1n) is 12.4. The highest BCUT2D eigenvalue weighted by atomic mass is 32.2. The Labute approximate surface area is 220 Å². The normalized spacial score (nSPS) is 20.3. The van der Waals surface area contributed by atoms with Gasteiger partial charge in [-0.15, -0.1) is 0 Å². The Morgan fingerprint density at radius 2 is 1.73 bits per heavy atom. The minimum Gasteiger partial charge on any atom is -0.383 e. The highest BCUT2D eigenvalue weighted by Gasteiger charge is 2.27. The van der Waals surface area contributed by atoms with Gasteiger partial charge in [0.2, 0.25) is 0 Å². The van der Waals surface area contributed by atoms with Gasteiger partial charge in [0.25, 0.3) is 10.0 Å². The van der Waals surface area contributed by atoms with E-state index in [0.717, 1.165) is 33.9 Å². The number of hydrogen-bond acceptors (Lipinski definition) is 3. The molecule has 1 N–H and O–H groups in total. The molecule has 188 valence electrons. The van der Waals surface area contributed by atoms with E-state index in [1.54, 1.807) is 12.1 Å². The zero-order valence-electron chi connectivity index (χ0n) is 21.7. The molecule has 0 aromatic heterocycles. The lowest BCUT2D eigenvalue weighted by atomic mass is 9.80. The molecule has 0 saturated carbocycles. The lowest BCUT2D eigenvalue weighted by Crippen LogP contribution is -2.13. The van der Waals surface area contributed by atoms with Crippen molar-refractivity contribution in [2.24, 2.45) is 5.41 Å². The minimum atomic E-state index is -3.75. The van der Waals surface area contributed by atoms with Crippen LogP contribution in [0, 0.1) is 5.41 Å². The van der Waals surface area contributed by atoms with Crippen LogP contribution in [0.25, 0.3) is 21.9 Å². The zero-order valence-corrected chi connectivity index (χ0v) is 22.5. The number of nitrogens with zero attached hydrogens (tertiary/aromatic N) is 1. The van der Waals surface area contributed by atoms with Crippen LogP contribution < -0.4 is 4.72 Å². The quantitative estimate of drug-likeness (QED) is 0.377. The van der Waals surface area contributed by atoms with Crippen LogP contribution in [0.4, 0.5) is 5.69 Å². The Morgan fingerprint density at radius 1 is 0.946 bits per heavy atom. The van der Waals surface area contributed by atoms with Gasteiger partial charge in [0.15, 0.2) is 0 Å². The molecule has 4 nitrogen and oxygen atoms in total. The summed E-state index contributed by atoms with van der Waals surface area (Å²) < 4.78 is 29.4. The van der Waals surface area contributed by atoms with Gasteiger partial charge in [0, 0.05) is 25.2 Å². The van der Waals surface area contributed by atoms with Crippen LogP contribution in [-0.2, 0) is 10.0 Å². The van der Waals surface area contributed by atoms with E-state index >= 15 is 0 Å². The maximum atomic E-state index is 13.3. The number of nitrogens with one attached hydrogen (secondary N) is 1. The second-order valence-electron chi connectivity index (χ2n) is 10.2. The van der Waals surface area contributed by atoms with Gasteiger partial charge in [-0.05, 0) is 88.5 Å². The van der Waals surface area contributed by atoms with E-state index in [0.29, 0.717) is 5.69 Å². The molecule has 0 heterocycles. The van der Waals surface area contributed by atoms with Crippen molar-refractivity contribution in [1.82, 2.24) is 4.90 Å². The lowest BCUT2D eigenvalue weighted by molar-refractivity contribution is 0.558. The maximum absolute atomic E-state index is 13.3. The Bertz CT molecular complexity index is 1640. The van der Waals surface area contributed by atoms with E-state index in [1.165, 1.54) is 11.1 Å². The second-order valence-corrected chi connectivity index (χ2v) is 11.9. The van der Waals surface area contributed by atoms with Gasteiger partial charge in [0.05, 0.1) is 4.90 Å². The van der Waals surface area contributed by atoms with Crippen LogP contribution in [0.1, 0.15) is 31.4 Å². The number of sulfonamides is 1. The summed E-state index contributed by atoms with van der Waals surface area (Å²) in [5, 5.41) is 1.90. The lowest BCUT2D eigenvalue weighted by Gasteiger charge is -2.24. The van der Waals surface area contributed by atoms with Gasteiger partial charge in [-0.1, -0.05) is 73.7 Å². The number of anilines is 1. The fraction of sp³-hybridized carbons (Fsp3) is 0.188. The standard InChI is InChI=1S/C32H32N2O2S/c1-23-28(16-19-34(3)4)30-21-26(13-15-29(30)31(23)22-32(2)17-8-5-9-18-32)33-37(35,36)27-14-12-24-10-6-7-11-25(24)20-27/h5-17,19-22,33H,18H2,1-4H3/b19-16+,31-22-. The number of hydrogen-bond donors (Lipinski definition) is 1. The van der Waals surface area contributed by atoms with Gasteiger partial charge in [-0.2, -0.15) is 0 Å². The van der Waals surface area contributed by atoms with Crippen LogP contribution >= 0.6 is 0 Å². The Hall–Kier alpha value is -3.83. The Balaban J connectivity index is 1.54. The zero-order chi connectivity index (χ0) is 26.2. The van der Waals surface area contributed by atoms with Crippen LogP contribution in [0.5, 0.6) is 0 Å². The highest BCUT2D eigenvalue weighted by Crippen LogP contribution is 2.46. The fourth-order valence-corrected chi connectivity index (χ4v) is 6.05. The average Bonchev–Trinajstić information content (AvgIpc) is 3.12. The molecule has 0 saturated heterocycles. The van der Waals surface area contributed by atoms with E-state index in [2.05, 4.69) is 55.0 Å². The van der Waals surface area contributed by atoms with Gasteiger partial charge in [-0.3, -0.25) is 4.72 Å². The van der Waals surface area contributed by atoms with Crippen LogP contribution in [0.3, 0.4) is 0 Å². The predicted octanol–water partition coefficient (Wildman–Crippen LogP) is 7.41. The van der Waals surface area contributed by atoms with Crippen LogP contribution in [0.15, 0.2) is 114 Å². The molecule has 0 amide bonds. The van der Waals surface area contributed by atoms with Gasteiger partial charge in [-0.25, -0.2) is 8.42 Å². The highest BCUT2D eigenvalue weighted by molar-refractivity contribution is 7.92. The van der Waals surface area contributed by atoms with Crippen molar-refractivity contribution in [3.05, 3.63) is 120 Å². The summed E-state index contributed by atoms with van der Waals surface area (Å²) in [5.41, 5.74) is 6.10. The first kappa shape index (κ1) is 24.8. The van der Waals surface area contributed by atoms with Crippen molar-refractivity contribution < 1.29 is 8.42 Å². The van der Waals surface area contributed by atoms with E-state index in [9.17, 15) is 8.42 Å². The third-order valence-electron chi connectivity index (χ3n) is 6.99. The largest absolute Gasteiger partial charge is 0.383 e. The molecule has 5 heteroatoms. The van der Waals surface area contributed by atoms with E-state index < -0.39 is 10.0 Å². The summed E-state index contributed by atoms with van der Waals surface area (Å²) in [6.45, 7) is 4.39. The van der Waals surface area contributed by atoms with Crippen molar-refractivity contribution in [2.75, 3.05) is 18.8 Å². The molecule has 2 aliphatic carbocycles. The predicted molar refractivity (Wildman–Crippen MR) is 156 cm³/mol. The van der Waals surface area contributed by atoms with Crippen molar-refractivity contribution in [2.45, 2.75) is 25.2 Å². The summed E-state index contributed by atoms with van der Waals surface area (Å²) >= 11 is 0. The van der Waals surface area contributed by atoms with Crippen molar-refractivity contribution in [1.29, 1.82) is 0 Å². The molecule has 3 aromatic rings. The molecule has 2 aliphatic rings. The van der Waals surface area contributed by atoms with Crippen molar-refractivity contribution >= 4 is 37.6 Å². The molecular weight excluding hydrogens is 476 g/mol. The smallest absolute Gasteiger partial charge is 0.261 e. The van der Waals surface area contributed by atoms with Crippen molar-refractivity contribution in [3.8, 4) is 0 Å². The first-order valence-corrected chi connectivity index (χ1v) is 13.9. The van der Waals surface area contributed by atoms with Crippen LogP contribution in [0.2, 0.25) is 0 Å². The SMILES string of the molecule is CC1=C(/C=C/N(C)C)c2cc(NS(=O)(=O)c3ccc4ccccc4c3)ccc2/C1=C\C1(C)C=CC=CC1. The topological polar surface area (TPSA) is 49.4 Å². The fourth-order valence-electron chi connectivity index (χ4n) is 4.97. The van der Waals surface area contributed by atoms with Crippen molar-refractivity contribution in [3.63, 3.8) is 0 Å². The molecular formula is C32H32N2O2S.